The van der Waals surface area contributed by atoms with Gasteiger partial charge < -0.3 is 4.74 Å². The van der Waals surface area contributed by atoms with Crippen LogP contribution in [0.25, 0.3) is 10.8 Å². The molecule has 0 N–H and O–H groups in total. The van der Waals surface area contributed by atoms with E-state index in [4.69, 9.17) is 4.74 Å². The standard InChI is InChI=1S/C18H12O2/c19-18-16(13-7-2-1-3-8-13)15-11-10-12-6-4-5-9-14(12)17(15)20-18/h1-11,16H/t16-/m0/s1. The fraction of sp³-hybridized carbons (Fsp3) is 0.0556. The number of rotatable bonds is 1. The van der Waals surface area contributed by atoms with E-state index in [1.165, 1.54) is 0 Å². The van der Waals surface area contributed by atoms with Crippen molar-refractivity contribution in [3.63, 3.8) is 0 Å². The smallest absolute Gasteiger partial charge is 0.323 e. The quantitative estimate of drug-likeness (QED) is 0.490. The Morgan fingerprint density at radius 2 is 1.55 bits per heavy atom. The third-order valence-corrected chi connectivity index (χ3v) is 3.79. The third-order valence-electron chi connectivity index (χ3n) is 3.79. The van der Waals surface area contributed by atoms with Crippen LogP contribution in [-0.4, -0.2) is 5.97 Å². The minimum atomic E-state index is -0.309. The maximum absolute atomic E-state index is 12.3. The highest BCUT2D eigenvalue weighted by molar-refractivity contribution is 5.99. The van der Waals surface area contributed by atoms with Crippen LogP contribution in [0.15, 0.2) is 66.7 Å². The van der Waals surface area contributed by atoms with Crippen molar-refractivity contribution < 1.29 is 9.53 Å². The van der Waals surface area contributed by atoms with Crippen LogP contribution in [0.3, 0.4) is 0 Å². The van der Waals surface area contributed by atoms with E-state index in [0.717, 1.165) is 21.9 Å². The summed E-state index contributed by atoms with van der Waals surface area (Å²) in [4.78, 5) is 12.3. The molecule has 1 aliphatic rings. The fourth-order valence-electron chi connectivity index (χ4n) is 2.85. The molecule has 96 valence electrons. The first-order valence-electron chi connectivity index (χ1n) is 6.63. The normalized spacial score (nSPS) is 17.0. The van der Waals surface area contributed by atoms with E-state index in [1.54, 1.807) is 0 Å². The van der Waals surface area contributed by atoms with Crippen molar-refractivity contribution >= 4 is 16.7 Å². The Hall–Kier alpha value is -2.61. The molecule has 0 bridgehead atoms. The molecule has 0 amide bonds. The van der Waals surface area contributed by atoms with Gasteiger partial charge in [0.2, 0.25) is 0 Å². The van der Waals surface area contributed by atoms with Crippen LogP contribution in [0.2, 0.25) is 0 Å². The van der Waals surface area contributed by atoms with Gasteiger partial charge in [0.05, 0.1) is 0 Å². The summed E-state index contributed by atoms with van der Waals surface area (Å²) in [6, 6.07) is 21.8. The zero-order valence-corrected chi connectivity index (χ0v) is 10.7. The van der Waals surface area contributed by atoms with Gasteiger partial charge >= 0.3 is 5.97 Å². The molecule has 20 heavy (non-hydrogen) atoms. The Bertz CT molecular complexity index is 806. The molecule has 0 fully saturated rings. The molecule has 0 saturated heterocycles. The SMILES string of the molecule is O=C1Oc2c(ccc3ccccc23)[C@@H]1c1ccccc1. The van der Waals surface area contributed by atoms with Crippen molar-refractivity contribution in [1.29, 1.82) is 0 Å². The topological polar surface area (TPSA) is 26.3 Å². The third kappa shape index (κ3) is 1.55. The zero-order chi connectivity index (χ0) is 13.5. The Balaban J connectivity index is 1.96. The number of benzene rings is 3. The van der Waals surface area contributed by atoms with Gasteiger partial charge in [-0.3, -0.25) is 4.79 Å². The molecule has 1 atom stereocenters. The minimum absolute atomic E-state index is 0.192. The summed E-state index contributed by atoms with van der Waals surface area (Å²) in [5, 5.41) is 2.09. The van der Waals surface area contributed by atoms with Crippen LogP contribution in [0.4, 0.5) is 0 Å². The largest absolute Gasteiger partial charge is 0.425 e. The second-order valence-corrected chi connectivity index (χ2v) is 4.97. The summed E-state index contributed by atoms with van der Waals surface area (Å²) < 4.78 is 5.55. The minimum Gasteiger partial charge on any atom is -0.425 e. The number of carbonyl (C=O) groups excluding carboxylic acids is 1. The lowest BCUT2D eigenvalue weighted by Gasteiger charge is -2.07. The summed E-state index contributed by atoms with van der Waals surface area (Å²) in [5.74, 6) is 0.209. The van der Waals surface area contributed by atoms with Gasteiger partial charge in [-0.2, -0.15) is 0 Å². The Morgan fingerprint density at radius 1 is 0.800 bits per heavy atom. The van der Waals surface area contributed by atoms with Gasteiger partial charge in [-0.15, -0.1) is 0 Å². The Labute approximate surface area is 116 Å². The average molecular weight is 260 g/mol. The fourth-order valence-corrected chi connectivity index (χ4v) is 2.85. The first kappa shape index (κ1) is 11.2. The van der Waals surface area contributed by atoms with Crippen LogP contribution in [-0.2, 0) is 4.79 Å². The lowest BCUT2D eigenvalue weighted by molar-refractivity contribution is -0.133. The number of carbonyl (C=O) groups is 1. The molecule has 0 radical (unpaired) electrons. The van der Waals surface area contributed by atoms with E-state index in [9.17, 15) is 4.79 Å². The average Bonchev–Trinajstić information content (AvgIpc) is 2.84. The molecule has 1 heterocycles. The van der Waals surface area contributed by atoms with Crippen molar-refractivity contribution in [2.24, 2.45) is 0 Å². The summed E-state index contributed by atoms with van der Waals surface area (Å²) in [6.45, 7) is 0. The second-order valence-electron chi connectivity index (χ2n) is 4.97. The summed E-state index contributed by atoms with van der Waals surface area (Å²) in [7, 11) is 0. The molecule has 0 spiro atoms. The highest BCUT2D eigenvalue weighted by Crippen LogP contribution is 2.43. The predicted molar refractivity (Wildman–Crippen MR) is 77.9 cm³/mol. The van der Waals surface area contributed by atoms with Crippen molar-refractivity contribution in [2.45, 2.75) is 5.92 Å². The van der Waals surface area contributed by atoms with Crippen LogP contribution >= 0.6 is 0 Å². The number of hydrogen-bond donors (Lipinski definition) is 0. The predicted octanol–water partition coefficient (Wildman–Crippen LogP) is 3.89. The van der Waals surface area contributed by atoms with Gasteiger partial charge in [-0.05, 0) is 10.9 Å². The lowest BCUT2D eigenvalue weighted by Crippen LogP contribution is -2.11. The van der Waals surface area contributed by atoms with E-state index in [2.05, 4.69) is 0 Å². The van der Waals surface area contributed by atoms with Crippen molar-refractivity contribution in [1.82, 2.24) is 0 Å². The van der Waals surface area contributed by atoms with Gasteiger partial charge in [0.25, 0.3) is 0 Å². The highest BCUT2D eigenvalue weighted by Gasteiger charge is 2.35. The molecule has 0 unspecified atom stereocenters. The van der Waals surface area contributed by atoms with E-state index in [0.29, 0.717) is 5.75 Å². The molecule has 4 rings (SSSR count). The van der Waals surface area contributed by atoms with Crippen LogP contribution in [0, 0.1) is 0 Å². The van der Waals surface area contributed by atoms with E-state index in [1.807, 2.05) is 66.7 Å². The van der Waals surface area contributed by atoms with E-state index in [-0.39, 0.29) is 11.9 Å². The highest BCUT2D eigenvalue weighted by atomic mass is 16.5. The molecular formula is C18H12O2. The summed E-state index contributed by atoms with van der Waals surface area (Å²) in [6.07, 6.45) is 0. The Kier molecular flexibility index (Phi) is 2.36. The molecule has 0 aromatic heterocycles. The van der Waals surface area contributed by atoms with Gasteiger partial charge in [0.1, 0.15) is 11.7 Å². The van der Waals surface area contributed by atoms with Gasteiger partial charge in [0, 0.05) is 10.9 Å². The molecule has 2 heteroatoms. The van der Waals surface area contributed by atoms with Gasteiger partial charge in [-0.25, -0.2) is 0 Å². The second kappa shape index (κ2) is 4.20. The first-order valence-corrected chi connectivity index (χ1v) is 6.63. The molecular weight excluding hydrogens is 248 g/mol. The van der Waals surface area contributed by atoms with Crippen LogP contribution in [0.1, 0.15) is 17.0 Å². The monoisotopic (exact) mass is 260 g/mol. The molecule has 1 aliphatic heterocycles. The molecule has 0 aliphatic carbocycles. The lowest BCUT2D eigenvalue weighted by atomic mass is 9.91. The molecule has 3 aromatic carbocycles. The number of ether oxygens (including phenoxy) is 1. The summed E-state index contributed by atoms with van der Waals surface area (Å²) >= 11 is 0. The van der Waals surface area contributed by atoms with E-state index >= 15 is 0 Å². The number of esters is 1. The maximum Gasteiger partial charge on any atom is 0.323 e. The van der Waals surface area contributed by atoms with E-state index < -0.39 is 0 Å². The van der Waals surface area contributed by atoms with Crippen molar-refractivity contribution in [2.75, 3.05) is 0 Å². The van der Waals surface area contributed by atoms with Crippen LogP contribution < -0.4 is 4.74 Å². The molecule has 0 saturated carbocycles. The first-order chi connectivity index (χ1) is 9.84. The summed E-state index contributed by atoms with van der Waals surface area (Å²) in [5.41, 5.74) is 1.94. The maximum atomic E-state index is 12.3. The van der Waals surface area contributed by atoms with Gasteiger partial charge in [0.15, 0.2) is 0 Å². The zero-order valence-electron chi connectivity index (χ0n) is 10.7. The molecule has 2 nitrogen and oxygen atoms in total. The van der Waals surface area contributed by atoms with Crippen LogP contribution in [0.5, 0.6) is 5.75 Å². The van der Waals surface area contributed by atoms with Gasteiger partial charge in [-0.1, -0.05) is 66.7 Å². The number of hydrogen-bond acceptors (Lipinski definition) is 2. The number of fused-ring (bicyclic) bond motifs is 3. The van der Waals surface area contributed by atoms with Crippen molar-refractivity contribution in [3.8, 4) is 5.75 Å². The molecule has 3 aromatic rings. The van der Waals surface area contributed by atoms with Crippen molar-refractivity contribution in [3.05, 3.63) is 77.9 Å². The Morgan fingerprint density at radius 3 is 2.40 bits per heavy atom.